The zero-order valence-electron chi connectivity index (χ0n) is 8.14. The molecule has 7 nitrogen and oxygen atoms in total. The van der Waals surface area contributed by atoms with Crippen molar-refractivity contribution in [3.8, 4) is 0 Å². The molecule has 0 radical (unpaired) electrons. The fourth-order valence-corrected chi connectivity index (χ4v) is 1.53. The van der Waals surface area contributed by atoms with Crippen molar-refractivity contribution in [1.82, 2.24) is 9.36 Å². The molecule has 0 aliphatic heterocycles. The Bertz CT molecular complexity index is 399. The Kier molecular flexibility index (Phi) is 5.54. The van der Waals surface area contributed by atoms with Gasteiger partial charge in [-0.2, -0.15) is 9.36 Å². The van der Waals surface area contributed by atoms with Crippen LogP contribution >= 0.6 is 32.6 Å². The van der Waals surface area contributed by atoms with Crippen LogP contribution in [0.2, 0.25) is 0 Å². The first kappa shape index (κ1) is 13.2. The number of carbonyl (C=O) groups is 1. The number of hydrogen-bond donors (Lipinski definition) is 1. The average molecular weight is 283 g/mol. The topological polar surface area (TPSA) is 85.7 Å². The van der Waals surface area contributed by atoms with E-state index < -0.39 is 5.24 Å². The van der Waals surface area contributed by atoms with E-state index in [9.17, 15) is 4.79 Å². The Morgan fingerprint density at radius 3 is 3.06 bits per heavy atom. The number of aromatic nitrogens is 2. The average Bonchev–Trinajstić information content (AvgIpc) is 2.67. The summed E-state index contributed by atoms with van der Waals surface area (Å²) in [4.78, 5) is 19.7. The third-order valence-electron chi connectivity index (χ3n) is 1.26. The molecule has 1 unspecified atom stereocenters. The minimum Gasteiger partial charge on any atom is -0.395 e. The van der Waals surface area contributed by atoms with Gasteiger partial charge in [-0.1, -0.05) is 5.16 Å². The number of anilines is 1. The molecule has 0 saturated heterocycles. The summed E-state index contributed by atoms with van der Waals surface area (Å²) in [6.45, 7) is 2.04. The third-order valence-corrected chi connectivity index (χ3v) is 2.16. The fraction of sp³-hybridized carbons (Fsp3) is 0.333. The van der Waals surface area contributed by atoms with Crippen molar-refractivity contribution in [2.75, 3.05) is 12.1 Å². The van der Waals surface area contributed by atoms with E-state index in [0.29, 0.717) is 11.7 Å². The van der Waals surface area contributed by atoms with Gasteiger partial charge in [-0.15, -0.1) is 0 Å². The quantitative estimate of drug-likeness (QED) is 0.365. The first-order valence-electron chi connectivity index (χ1n) is 4.04. The Labute approximate surface area is 103 Å². The molecule has 1 rings (SSSR count). The van der Waals surface area contributed by atoms with Gasteiger partial charge in [0, 0.05) is 21.0 Å². The van der Waals surface area contributed by atoms with Gasteiger partial charge in [0.2, 0.25) is 16.7 Å². The second-order valence-corrected chi connectivity index (χ2v) is 3.61. The highest BCUT2D eigenvalue weighted by Crippen LogP contribution is 2.13. The SMILES string of the molecule is CCO/N=C(\C(=O)Cl)c1nsc(NOP)n1. The van der Waals surface area contributed by atoms with E-state index in [4.69, 9.17) is 16.4 Å². The Balaban J connectivity index is 2.88. The van der Waals surface area contributed by atoms with Crippen LogP contribution < -0.4 is 5.48 Å². The number of nitrogens with zero attached hydrogens (tertiary/aromatic N) is 3. The summed E-state index contributed by atoms with van der Waals surface area (Å²) in [6.07, 6.45) is 0. The molecule has 0 amide bonds. The van der Waals surface area contributed by atoms with E-state index >= 15 is 0 Å². The van der Waals surface area contributed by atoms with Crippen LogP contribution in [-0.2, 0) is 14.3 Å². The molecule has 88 valence electrons. The van der Waals surface area contributed by atoms with Crippen LogP contribution in [0.4, 0.5) is 5.13 Å². The second kappa shape index (κ2) is 6.70. The molecule has 1 aromatic rings. The number of oxime groups is 1. The minimum absolute atomic E-state index is 0.0861. The maximum Gasteiger partial charge on any atom is 0.278 e. The van der Waals surface area contributed by atoms with Crippen LogP contribution in [0.1, 0.15) is 12.7 Å². The van der Waals surface area contributed by atoms with Crippen LogP contribution in [0.5, 0.6) is 0 Å². The maximum atomic E-state index is 11.0. The molecule has 1 N–H and O–H groups in total. The molecule has 10 heteroatoms. The summed E-state index contributed by atoms with van der Waals surface area (Å²) in [5.74, 6) is 0.0861. The zero-order valence-corrected chi connectivity index (χ0v) is 10.9. The van der Waals surface area contributed by atoms with Gasteiger partial charge < -0.3 is 4.84 Å². The number of nitrogens with one attached hydrogen (secondary N) is 1. The van der Waals surface area contributed by atoms with Crippen molar-refractivity contribution in [1.29, 1.82) is 0 Å². The standard InChI is InChI=1S/C6H8ClN4O3PS/c1-2-13-9-3(4(7)12)5-8-6(10-14-15)16-11-5/h2,15H2,1H3,(H,8,10,11)/b9-3+. The fourth-order valence-electron chi connectivity index (χ4n) is 0.705. The van der Waals surface area contributed by atoms with Gasteiger partial charge in [0.25, 0.3) is 5.24 Å². The van der Waals surface area contributed by atoms with Crippen LogP contribution in [-0.4, -0.2) is 26.9 Å². The highest BCUT2D eigenvalue weighted by atomic mass is 35.5. The normalized spacial score (nSPS) is 11.3. The summed E-state index contributed by atoms with van der Waals surface area (Å²) in [6, 6.07) is 0. The van der Waals surface area contributed by atoms with Crippen molar-refractivity contribution >= 4 is 48.7 Å². The van der Waals surface area contributed by atoms with Crippen molar-refractivity contribution in [2.45, 2.75) is 6.92 Å². The summed E-state index contributed by atoms with van der Waals surface area (Å²) >= 11 is 6.32. The molecule has 16 heavy (non-hydrogen) atoms. The van der Waals surface area contributed by atoms with Gasteiger partial charge in [-0.3, -0.25) is 9.42 Å². The van der Waals surface area contributed by atoms with Gasteiger partial charge in [-0.05, 0) is 18.5 Å². The molecule has 0 fully saturated rings. The van der Waals surface area contributed by atoms with Gasteiger partial charge in [0.1, 0.15) is 6.61 Å². The van der Waals surface area contributed by atoms with Gasteiger partial charge in [0.15, 0.2) is 0 Å². The van der Waals surface area contributed by atoms with E-state index in [0.717, 1.165) is 11.5 Å². The molecule has 0 aromatic carbocycles. The van der Waals surface area contributed by atoms with Gasteiger partial charge in [-0.25, -0.2) is 5.48 Å². The van der Waals surface area contributed by atoms with Gasteiger partial charge >= 0.3 is 0 Å². The van der Waals surface area contributed by atoms with E-state index in [1.165, 1.54) is 0 Å². The van der Waals surface area contributed by atoms with Crippen LogP contribution in [0.15, 0.2) is 5.16 Å². The second-order valence-electron chi connectivity index (χ2n) is 2.27. The predicted octanol–water partition coefficient (Wildman–Crippen LogP) is 1.18. The van der Waals surface area contributed by atoms with Gasteiger partial charge in [0.05, 0.1) is 0 Å². The molecule has 0 spiro atoms. The lowest BCUT2D eigenvalue weighted by atomic mass is 10.4. The number of carbonyl (C=O) groups excluding carboxylic acids is 1. The monoisotopic (exact) mass is 282 g/mol. The smallest absolute Gasteiger partial charge is 0.278 e. The molecule has 0 aliphatic rings. The number of hydrogen-bond acceptors (Lipinski definition) is 8. The lowest BCUT2D eigenvalue weighted by Gasteiger charge is -1.96. The Morgan fingerprint density at radius 2 is 2.50 bits per heavy atom. The first-order chi connectivity index (χ1) is 7.69. The number of halogens is 1. The van der Waals surface area contributed by atoms with Crippen molar-refractivity contribution in [2.24, 2.45) is 5.16 Å². The minimum atomic E-state index is -0.787. The highest BCUT2D eigenvalue weighted by Gasteiger charge is 2.18. The lowest BCUT2D eigenvalue weighted by Crippen LogP contribution is -2.12. The van der Waals surface area contributed by atoms with E-state index in [1.807, 2.05) is 9.47 Å². The van der Waals surface area contributed by atoms with E-state index in [2.05, 4.69) is 24.6 Å². The molecule has 1 aromatic heterocycles. The molecule has 1 atom stereocenters. The van der Waals surface area contributed by atoms with E-state index in [1.54, 1.807) is 6.92 Å². The lowest BCUT2D eigenvalue weighted by molar-refractivity contribution is -0.106. The summed E-state index contributed by atoms with van der Waals surface area (Å²) < 4.78 is 8.42. The number of rotatable bonds is 6. The van der Waals surface area contributed by atoms with Crippen molar-refractivity contribution < 1.29 is 14.3 Å². The van der Waals surface area contributed by atoms with Crippen molar-refractivity contribution in [3.05, 3.63) is 5.82 Å². The molecule has 0 saturated carbocycles. The predicted molar refractivity (Wildman–Crippen MR) is 63.3 cm³/mol. The Hall–Kier alpha value is -0.820. The Morgan fingerprint density at radius 1 is 1.75 bits per heavy atom. The van der Waals surface area contributed by atoms with Crippen LogP contribution in [0.3, 0.4) is 0 Å². The molecule has 1 heterocycles. The summed E-state index contributed by atoms with van der Waals surface area (Å²) in [5.41, 5.74) is 2.29. The molecule has 0 bridgehead atoms. The third kappa shape index (κ3) is 3.64. The van der Waals surface area contributed by atoms with Crippen molar-refractivity contribution in [3.63, 3.8) is 0 Å². The van der Waals surface area contributed by atoms with Crippen LogP contribution in [0.25, 0.3) is 0 Å². The maximum absolute atomic E-state index is 11.0. The summed E-state index contributed by atoms with van der Waals surface area (Å²) in [7, 11) is 1.99. The highest BCUT2D eigenvalue weighted by molar-refractivity contribution is 7.11. The molecule has 0 aliphatic carbocycles. The first-order valence-corrected chi connectivity index (χ1v) is 5.67. The molecular formula is C6H8ClN4O3PS. The zero-order chi connectivity index (χ0) is 12.0. The molecular weight excluding hydrogens is 275 g/mol. The largest absolute Gasteiger partial charge is 0.395 e. The summed E-state index contributed by atoms with van der Waals surface area (Å²) in [5, 5.41) is 3.11. The van der Waals surface area contributed by atoms with E-state index in [-0.39, 0.29) is 11.5 Å². The van der Waals surface area contributed by atoms with Crippen LogP contribution in [0, 0.1) is 0 Å².